The fourth-order valence-corrected chi connectivity index (χ4v) is 3.62. The van der Waals surface area contributed by atoms with Crippen LogP contribution in [0.2, 0.25) is 0 Å². The topological polar surface area (TPSA) is 85.0 Å². The Morgan fingerprint density at radius 2 is 1.90 bits per heavy atom. The highest BCUT2D eigenvalue weighted by molar-refractivity contribution is 7.89. The van der Waals surface area contributed by atoms with Crippen LogP contribution in [0.25, 0.3) is 0 Å². The Bertz CT molecular complexity index is 695. The quantitative estimate of drug-likeness (QED) is 0.829. The second-order valence-electron chi connectivity index (χ2n) is 4.56. The highest BCUT2D eigenvalue weighted by atomic mass is 32.2. The summed E-state index contributed by atoms with van der Waals surface area (Å²) in [5.41, 5.74) is -0.294. The van der Waals surface area contributed by atoms with Crippen LogP contribution in [-0.4, -0.2) is 25.8 Å². The molecule has 1 aromatic rings. The third-order valence-electron chi connectivity index (χ3n) is 3.33. The van der Waals surface area contributed by atoms with Gasteiger partial charge in [0.1, 0.15) is 11.9 Å². The van der Waals surface area contributed by atoms with Gasteiger partial charge in [-0.25, -0.2) is 12.8 Å². The van der Waals surface area contributed by atoms with Crippen LogP contribution in [-0.2, 0) is 10.0 Å². The highest BCUT2D eigenvalue weighted by Gasteiger charge is 2.29. The zero-order valence-corrected chi connectivity index (χ0v) is 11.4. The van der Waals surface area contributed by atoms with E-state index in [2.05, 4.69) is 6.07 Å². The van der Waals surface area contributed by atoms with Gasteiger partial charge in [-0.3, -0.25) is 0 Å². The van der Waals surface area contributed by atoms with Crippen LogP contribution >= 0.6 is 0 Å². The van der Waals surface area contributed by atoms with Crippen molar-refractivity contribution in [3.8, 4) is 12.1 Å². The van der Waals surface area contributed by atoms with E-state index in [0.29, 0.717) is 12.8 Å². The van der Waals surface area contributed by atoms with Crippen molar-refractivity contribution in [2.75, 3.05) is 13.1 Å². The summed E-state index contributed by atoms with van der Waals surface area (Å²) in [5, 5.41) is 17.6. The van der Waals surface area contributed by atoms with Gasteiger partial charge in [0.05, 0.1) is 16.5 Å². The van der Waals surface area contributed by atoms with Crippen LogP contribution in [0.3, 0.4) is 0 Å². The van der Waals surface area contributed by atoms with Gasteiger partial charge in [-0.2, -0.15) is 14.8 Å². The maximum absolute atomic E-state index is 13.2. The second kappa shape index (κ2) is 5.58. The summed E-state index contributed by atoms with van der Waals surface area (Å²) in [6.07, 6.45) is 0.976. The molecule has 5 nitrogen and oxygen atoms in total. The first-order valence-corrected chi connectivity index (χ1v) is 7.52. The van der Waals surface area contributed by atoms with E-state index in [1.165, 1.54) is 4.31 Å². The average Bonchev–Trinajstić information content (AvgIpc) is 2.47. The van der Waals surface area contributed by atoms with Crippen LogP contribution in [0.1, 0.15) is 18.4 Å². The molecule has 0 N–H and O–H groups in total. The molecule has 1 aliphatic rings. The van der Waals surface area contributed by atoms with E-state index >= 15 is 0 Å². The van der Waals surface area contributed by atoms with Crippen LogP contribution < -0.4 is 0 Å². The molecule has 0 unspecified atom stereocenters. The van der Waals surface area contributed by atoms with Crippen molar-refractivity contribution in [1.82, 2.24) is 4.31 Å². The van der Waals surface area contributed by atoms with Gasteiger partial charge < -0.3 is 0 Å². The molecular formula is C13H12FN3O2S. The van der Waals surface area contributed by atoms with Gasteiger partial charge in [-0.05, 0) is 31.0 Å². The minimum absolute atomic E-state index is 0.0918. The summed E-state index contributed by atoms with van der Waals surface area (Å²) < 4.78 is 39.2. The number of piperidine rings is 1. The SMILES string of the molecule is N#Cc1cc(S(=O)(=O)N2CCC(C#N)CC2)ccc1F. The van der Waals surface area contributed by atoms with Gasteiger partial charge in [-0.15, -0.1) is 0 Å². The van der Waals surface area contributed by atoms with E-state index in [-0.39, 0.29) is 29.5 Å². The van der Waals surface area contributed by atoms with E-state index in [1.807, 2.05) is 0 Å². The highest BCUT2D eigenvalue weighted by Crippen LogP contribution is 2.24. The summed E-state index contributed by atoms with van der Waals surface area (Å²) in [5.74, 6) is -0.862. The van der Waals surface area contributed by atoms with E-state index in [0.717, 1.165) is 18.2 Å². The number of hydrogen-bond donors (Lipinski definition) is 0. The minimum atomic E-state index is -3.74. The third-order valence-corrected chi connectivity index (χ3v) is 5.23. The molecule has 0 amide bonds. The van der Waals surface area contributed by atoms with E-state index in [4.69, 9.17) is 10.5 Å². The lowest BCUT2D eigenvalue weighted by Crippen LogP contribution is -2.38. The van der Waals surface area contributed by atoms with Crippen molar-refractivity contribution in [3.63, 3.8) is 0 Å². The van der Waals surface area contributed by atoms with Gasteiger partial charge >= 0.3 is 0 Å². The molecular weight excluding hydrogens is 281 g/mol. The largest absolute Gasteiger partial charge is 0.243 e. The molecule has 1 fully saturated rings. The normalized spacial score (nSPS) is 17.4. The molecule has 1 heterocycles. The van der Waals surface area contributed by atoms with Gasteiger partial charge in [0.2, 0.25) is 10.0 Å². The van der Waals surface area contributed by atoms with Crippen molar-refractivity contribution in [2.45, 2.75) is 17.7 Å². The molecule has 0 radical (unpaired) electrons. The summed E-state index contributed by atoms with van der Waals surface area (Å²) in [6.45, 7) is 0.527. The Morgan fingerprint density at radius 3 is 2.45 bits per heavy atom. The molecule has 7 heteroatoms. The Kier molecular flexibility index (Phi) is 4.03. The van der Waals surface area contributed by atoms with Crippen molar-refractivity contribution < 1.29 is 12.8 Å². The lowest BCUT2D eigenvalue weighted by Gasteiger charge is -2.28. The van der Waals surface area contributed by atoms with E-state index in [9.17, 15) is 12.8 Å². The standard InChI is InChI=1S/C13H12FN3O2S/c14-13-2-1-12(7-11(13)9-16)20(18,19)17-5-3-10(8-15)4-6-17/h1-2,7,10H,3-6H2. The van der Waals surface area contributed by atoms with Crippen LogP contribution in [0.15, 0.2) is 23.1 Å². The van der Waals surface area contributed by atoms with Crippen molar-refractivity contribution >= 4 is 10.0 Å². The van der Waals surface area contributed by atoms with Gasteiger partial charge in [-0.1, -0.05) is 0 Å². The van der Waals surface area contributed by atoms with Crippen LogP contribution in [0.5, 0.6) is 0 Å². The van der Waals surface area contributed by atoms with Crippen LogP contribution in [0, 0.1) is 34.4 Å². The summed E-state index contributed by atoms with van der Waals surface area (Å²) in [6, 6.07) is 6.93. The molecule has 1 aromatic carbocycles. The van der Waals surface area contributed by atoms with Crippen molar-refractivity contribution in [3.05, 3.63) is 29.6 Å². The van der Waals surface area contributed by atoms with Crippen molar-refractivity contribution in [2.24, 2.45) is 5.92 Å². The number of hydrogen-bond acceptors (Lipinski definition) is 4. The van der Waals surface area contributed by atoms with Gasteiger partial charge in [0, 0.05) is 19.0 Å². The average molecular weight is 293 g/mol. The third kappa shape index (κ3) is 2.64. The molecule has 0 bridgehead atoms. The number of benzene rings is 1. The molecule has 1 saturated heterocycles. The zero-order valence-electron chi connectivity index (χ0n) is 10.6. The monoisotopic (exact) mass is 293 g/mol. The van der Waals surface area contributed by atoms with E-state index in [1.54, 1.807) is 6.07 Å². The molecule has 0 atom stereocenters. The second-order valence-corrected chi connectivity index (χ2v) is 6.50. The summed E-state index contributed by atoms with van der Waals surface area (Å²) >= 11 is 0. The number of nitrogens with zero attached hydrogens (tertiary/aromatic N) is 3. The fourth-order valence-electron chi connectivity index (χ4n) is 2.12. The molecule has 0 aliphatic carbocycles. The lowest BCUT2D eigenvalue weighted by molar-refractivity contribution is 0.310. The maximum atomic E-state index is 13.2. The van der Waals surface area contributed by atoms with Gasteiger partial charge in [0.15, 0.2) is 0 Å². The molecule has 2 rings (SSSR count). The Balaban J connectivity index is 2.28. The first-order valence-electron chi connectivity index (χ1n) is 6.08. The number of halogens is 1. The smallest absolute Gasteiger partial charge is 0.207 e. The first-order chi connectivity index (χ1) is 9.48. The van der Waals surface area contributed by atoms with Gasteiger partial charge in [0.25, 0.3) is 0 Å². The Labute approximate surface area is 116 Å². The lowest BCUT2D eigenvalue weighted by atomic mass is 10.0. The number of sulfonamides is 1. The van der Waals surface area contributed by atoms with E-state index < -0.39 is 15.8 Å². The molecule has 0 saturated carbocycles. The molecule has 104 valence electrons. The first kappa shape index (κ1) is 14.4. The molecule has 0 spiro atoms. The predicted octanol–water partition coefficient (Wildman–Crippen LogP) is 1.62. The van der Waals surface area contributed by atoms with Crippen molar-refractivity contribution in [1.29, 1.82) is 10.5 Å². The molecule has 20 heavy (non-hydrogen) atoms. The zero-order chi connectivity index (χ0) is 14.8. The number of nitriles is 2. The summed E-state index contributed by atoms with van der Waals surface area (Å²) in [4.78, 5) is -0.0918. The number of rotatable bonds is 2. The minimum Gasteiger partial charge on any atom is -0.207 e. The Morgan fingerprint density at radius 1 is 1.25 bits per heavy atom. The fraction of sp³-hybridized carbons (Fsp3) is 0.385. The predicted molar refractivity (Wildman–Crippen MR) is 68.2 cm³/mol. The molecule has 1 aliphatic heterocycles. The molecule has 0 aromatic heterocycles. The summed E-state index contributed by atoms with van der Waals surface area (Å²) in [7, 11) is -3.74. The van der Waals surface area contributed by atoms with Crippen LogP contribution in [0.4, 0.5) is 4.39 Å². The maximum Gasteiger partial charge on any atom is 0.243 e. The Hall–Kier alpha value is -1.96.